The normalized spacial score (nSPS) is 13.9. The molecular formula is C10H24ClInN2. The van der Waals surface area contributed by atoms with Crippen LogP contribution in [0, 0.1) is 0 Å². The van der Waals surface area contributed by atoms with E-state index in [9.17, 15) is 0 Å². The van der Waals surface area contributed by atoms with Crippen molar-refractivity contribution in [2.75, 3.05) is 20.3 Å². The molecule has 0 aromatic heterocycles. The van der Waals surface area contributed by atoms with E-state index in [1.165, 1.54) is 32.2 Å². The van der Waals surface area contributed by atoms with Crippen molar-refractivity contribution in [1.82, 2.24) is 9.80 Å². The van der Waals surface area contributed by atoms with Gasteiger partial charge in [0.25, 0.3) is 0 Å². The van der Waals surface area contributed by atoms with Crippen molar-refractivity contribution in [2.45, 2.75) is 32.6 Å². The second kappa shape index (κ2) is 10.0. The fourth-order valence-electron chi connectivity index (χ4n) is 1.48. The molecule has 1 rings (SSSR count). The van der Waals surface area contributed by atoms with Gasteiger partial charge in [-0.05, 0) is 6.42 Å². The van der Waals surface area contributed by atoms with E-state index in [2.05, 4.69) is 36.2 Å². The van der Waals surface area contributed by atoms with Gasteiger partial charge in [-0.1, -0.05) is 26.2 Å². The second-order valence-electron chi connectivity index (χ2n) is 3.57. The van der Waals surface area contributed by atoms with E-state index in [0.717, 1.165) is 6.67 Å². The van der Waals surface area contributed by atoms with Gasteiger partial charge >= 0.3 is 25.8 Å². The first kappa shape index (κ1) is 16.9. The van der Waals surface area contributed by atoms with Gasteiger partial charge in [0.05, 0.1) is 6.67 Å². The monoisotopic (exact) mass is 322 g/mol. The average molecular weight is 323 g/mol. The summed E-state index contributed by atoms with van der Waals surface area (Å²) in [5.74, 6) is 0. The predicted octanol–water partition coefficient (Wildman–Crippen LogP) is 1.48. The molecule has 0 amide bonds. The van der Waals surface area contributed by atoms with Crippen LogP contribution in [-0.4, -0.2) is 55.9 Å². The third kappa shape index (κ3) is 6.88. The summed E-state index contributed by atoms with van der Waals surface area (Å²) in [6.45, 7) is 4.55. The van der Waals surface area contributed by atoms with E-state index >= 15 is 0 Å². The van der Waals surface area contributed by atoms with Crippen LogP contribution in [0.3, 0.4) is 0 Å². The molecular weight excluding hydrogens is 298 g/mol. The maximum absolute atomic E-state index is 2.37. The van der Waals surface area contributed by atoms with Crippen molar-refractivity contribution in [2.24, 2.45) is 0 Å². The summed E-state index contributed by atoms with van der Waals surface area (Å²) in [7, 11) is 2.11. The SMILES string of the molecule is CCCCCCN1C=CN(C)C1.Cl.[InH3]. The Bertz CT molecular complexity index is 153. The topological polar surface area (TPSA) is 6.48 Å². The third-order valence-corrected chi connectivity index (χ3v) is 2.24. The Labute approximate surface area is 113 Å². The van der Waals surface area contributed by atoms with Gasteiger partial charge in [0, 0.05) is 26.0 Å². The molecule has 0 aliphatic carbocycles. The molecule has 0 atom stereocenters. The number of halogens is 1. The molecule has 0 saturated carbocycles. The Kier molecular flexibility index (Phi) is 12.1. The van der Waals surface area contributed by atoms with Gasteiger partial charge in [0.1, 0.15) is 0 Å². The number of rotatable bonds is 5. The summed E-state index contributed by atoms with van der Waals surface area (Å²) in [4.78, 5) is 4.58. The second-order valence-corrected chi connectivity index (χ2v) is 3.57. The number of hydrogen-bond donors (Lipinski definition) is 0. The Balaban J connectivity index is 0. The quantitative estimate of drug-likeness (QED) is 0.708. The minimum absolute atomic E-state index is 0. The summed E-state index contributed by atoms with van der Waals surface area (Å²) in [6.07, 6.45) is 9.76. The van der Waals surface area contributed by atoms with Gasteiger partial charge in [-0.15, -0.1) is 12.4 Å². The Morgan fingerprint density at radius 1 is 1.14 bits per heavy atom. The van der Waals surface area contributed by atoms with E-state index in [-0.39, 0.29) is 38.3 Å². The Morgan fingerprint density at radius 2 is 1.86 bits per heavy atom. The van der Waals surface area contributed by atoms with Crippen molar-refractivity contribution < 1.29 is 0 Å². The molecule has 0 radical (unpaired) electrons. The average Bonchev–Trinajstić information content (AvgIpc) is 2.45. The fourth-order valence-corrected chi connectivity index (χ4v) is 1.48. The maximum atomic E-state index is 2.37. The van der Waals surface area contributed by atoms with Crippen molar-refractivity contribution in [3.05, 3.63) is 12.4 Å². The zero-order valence-corrected chi connectivity index (χ0v) is 9.52. The molecule has 0 aromatic rings. The van der Waals surface area contributed by atoms with Crippen LogP contribution in [0.4, 0.5) is 0 Å². The first-order chi connectivity index (χ1) is 5.83. The third-order valence-electron chi connectivity index (χ3n) is 2.24. The first-order valence-corrected chi connectivity index (χ1v) is 4.95. The van der Waals surface area contributed by atoms with Crippen molar-refractivity contribution in [3.8, 4) is 0 Å². The van der Waals surface area contributed by atoms with Crippen molar-refractivity contribution in [1.29, 1.82) is 0 Å². The van der Waals surface area contributed by atoms with Gasteiger partial charge in [0.2, 0.25) is 0 Å². The van der Waals surface area contributed by atoms with Crippen molar-refractivity contribution in [3.63, 3.8) is 0 Å². The summed E-state index contributed by atoms with van der Waals surface area (Å²) < 4.78 is 0. The van der Waals surface area contributed by atoms with Crippen LogP contribution in [0.2, 0.25) is 0 Å². The molecule has 1 aliphatic rings. The van der Waals surface area contributed by atoms with Crippen LogP contribution >= 0.6 is 12.4 Å². The van der Waals surface area contributed by atoms with Crippen LogP contribution in [-0.2, 0) is 0 Å². The standard InChI is InChI=1S/C10H20N2.ClH.In.3H/c1-3-4-5-6-7-12-9-8-11(2)10-12;;;;;/h8-9H,3-7,10H2,1-2H3;1H;;;;. The molecule has 2 nitrogen and oxygen atoms in total. The van der Waals surface area contributed by atoms with E-state index in [4.69, 9.17) is 0 Å². The number of nitrogens with zero attached hydrogens (tertiary/aromatic N) is 2. The van der Waals surface area contributed by atoms with E-state index in [1.807, 2.05) is 0 Å². The molecule has 0 aromatic carbocycles. The summed E-state index contributed by atoms with van der Waals surface area (Å²) in [6, 6.07) is 0. The molecule has 0 spiro atoms. The van der Waals surface area contributed by atoms with Gasteiger partial charge in [-0.3, -0.25) is 0 Å². The molecule has 0 N–H and O–H groups in total. The summed E-state index contributed by atoms with van der Waals surface area (Å²) in [5.41, 5.74) is 0. The van der Waals surface area contributed by atoms with E-state index in [0.29, 0.717) is 0 Å². The van der Waals surface area contributed by atoms with Crippen LogP contribution in [0.25, 0.3) is 0 Å². The molecule has 14 heavy (non-hydrogen) atoms. The van der Waals surface area contributed by atoms with Gasteiger partial charge in [0.15, 0.2) is 0 Å². The van der Waals surface area contributed by atoms with Gasteiger partial charge in [-0.25, -0.2) is 0 Å². The molecule has 4 heteroatoms. The number of hydrogen-bond acceptors (Lipinski definition) is 2. The van der Waals surface area contributed by atoms with Crippen LogP contribution in [0.15, 0.2) is 12.4 Å². The molecule has 0 saturated heterocycles. The van der Waals surface area contributed by atoms with E-state index in [1.54, 1.807) is 0 Å². The van der Waals surface area contributed by atoms with Crippen molar-refractivity contribution >= 4 is 38.3 Å². The summed E-state index contributed by atoms with van der Waals surface area (Å²) in [5, 5.41) is 0. The van der Waals surface area contributed by atoms with Crippen LogP contribution < -0.4 is 0 Å². The zero-order valence-electron chi connectivity index (χ0n) is 8.70. The fraction of sp³-hybridized carbons (Fsp3) is 0.800. The van der Waals surface area contributed by atoms with Gasteiger partial charge in [-0.2, -0.15) is 0 Å². The predicted molar refractivity (Wildman–Crippen MR) is 69.8 cm³/mol. The molecule has 1 aliphatic heterocycles. The molecule has 0 unspecified atom stereocenters. The zero-order chi connectivity index (χ0) is 8.81. The molecule has 0 bridgehead atoms. The molecule has 84 valence electrons. The molecule has 0 fully saturated rings. The van der Waals surface area contributed by atoms with Crippen LogP contribution in [0.5, 0.6) is 0 Å². The number of unbranched alkanes of at least 4 members (excludes halogenated alkanes) is 3. The Morgan fingerprint density at radius 3 is 2.36 bits per heavy atom. The van der Waals surface area contributed by atoms with E-state index < -0.39 is 0 Å². The summed E-state index contributed by atoms with van der Waals surface area (Å²) >= 11 is 0. The van der Waals surface area contributed by atoms with Gasteiger partial charge < -0.3 is 9.80 Å². The first-order valence-electron chi connectivity index (χ1n) is 4.95. The van der Waals surface area contributed by atoms with Crippen LogP contribution in [0.1, 0.15) is 32.6 Å². The molecule has 1 heterocycles. The Hall–Kier alpha value is 0.500. The minimum atomic E-state index is 0.